The lowest BCUT2D eigenvalue weighted by Gasteiger charge is -2.05. The van der Waals surface area contributed by atoms with Crippen LogP contribution in [0.1, 0.15) is 21.5 Å². The minimum atomic E-state index is -0.150. The molecule has 0 fully saturated rings. The van der Waals surface area contributed by atoms with Crippen molar-refractivity contribution >= 4 is 11.7 Å². The average molecular weight is 241 g/mol. The van der Waals surface area contributed by atoms with E-state index in [0.717, 1.165) is 5.56 Å². The number of hydrogen-bond acceptors (Lipinski definition) is 3. The van der Waals surface area contributed by atoms with Gasteiger partial charge >= 0.3 is 0 Å². The van der Waals surface area contributed by atoms with Gasteiger partial charge in [0.05, 0.1) is 5.56 Å². The van der Waals surface area contributed by atoms with Gasteiger partial charge in [-0.2, -0.15) is 0 Å². The fraction of sp³-hybridized carbons (Fsp3) is 0.143. The molecule has 3 N–H and O–H groups in total. The van der Waals surface area contributed by atoms with Crippen LogP contribution in [0.2, 0.25) is 0 Å². The van der Waals surface area contributed by atoms with E-state index in [1.807, 2.05) is 31.2 Å². The topological polar surface area (TPSA) is 68.0 Å². The lowest BCUT2D eigenvalue weighted by Crippen LogP contribution is -2.22. The predicted octanol–water partition coefficient (Wildman–Crippen LogP) is 1.90. The second kappa shape index (κ2) is 5.31. The standard InChI is InChI=1S/C14H15N3O/c1-10-2-4-11(5-3-10)8-17-14(18)12-6-7-13(15)16-9-12/h2-7,9H,8H2,1H3,(H2,15,16)(H,17,18). The van der Waals surface area contributed by atoms with Crippen LogP contribution in [0.4, 0.5) is 5.82 Å². The highest BCUT2D eigenvalue weighted by Crippen LogP contribution is 2.04. The van der Waals surface area contributed by atoms with Crippen LogP contribution in [0, 0.1) is 6.92 Å². The average Bonchev–Trinajstić information content (AvgIpc) is 2.38. The molecule has 18 heavy (non-hydrogen) atoms. The smallest absolute Gasteiger partial charge is 0.253 e. The SMILES string of the molecule is Cc1ccc(CNC(=O)c2ccc(N)nc2)cc1. The highest BCUT2D eigenvalue weighted by Gasteiger charge is 2.05. The second-order valence-electron chi connectivity index (χ2n) is 4.14. The third kappa shape index (κ3) is 3.07. The van der Waals surface area contributed by atoms with Gasteiger partial charge in [-0.05, 0) is 24.6 Å². The van der Waals surface area contributed by atoms with Crippen molar-refractivity contribution in [3.63, 3.8) is 0 Å². The predicted molar refractivity (Wildman–Crippen MR) is 71.0 cm³/mol. The molecule has 0 aliphatic rings. The van der Waals surface area contributed by atoms with E-state index >= 15 is 0 Å². The Morgan fingerprint density at radius 3 is 2.56 bits per heavy atom. The number of nitrogens with one attached hydrogen (secondary N) is 1. The van der Waals surface area contributed by atoms with Gasteiger partial charge in [-0.1, -0.05) is 29.8 Å². The van der Waals surface area contributed by atoms with E-state index in [2.05, 4.69) is 10.3 Å². The molecule has 0 saturated carbocycles. The normalized spacial score (nSPS) is 10.1. The Morgan fingerprint density at radius 2 is 1.94 bits per heavy atom. The highest BCUT2D eigenvalue weighted by molar-refractivity contribution is 5.93. The number of nitrogens with two attached hydrogens (primary N) is 1. The maximum atomic E-state index is 11.8. The van der Waals surface area contributed by atoms with Gasteiger partial charge in [0.15, 0.2) is 0 Å². The monoisotopic (exact) mass is 241 g/mol. The second-order valence-corrected chi connectivity index (χ2v) is 4.14. The summed E-state index contributed by atoms with van der Waals surface area (Å²) in [7, 11) is 0. The Bertz CT molecular complexity index is 532. The lowest BCUT2D eigenvalue weighted by atomic mass is 10.1. The van der Waals surface area contributed by atoms with Crippen LogP contribution in [0.25, 0.3) is 0 Å². The van der Waals surface area contributed by atoms with E-state index in [1.54, 1.807) is 12.1 Å². The van der Waals surface area contributed by atoms with E-state index < -0.39 is 0 Å². The summed E-state index contributed by atoms with van der Waals surface area (Å²) in [6.07, 6.45) is 1.47. The molecule has 0 unspecified atom stereocenters. The van der Waals surface area contributed by atoms with Crippen molar-refractivity contribution in [1.29, 1.82) is 0 Å². The van der Waals surface area contributed by atoms with Crippen molar-refractivity contribution < 1.29 is 4.79 Å². The number of carbonyl (C=O) groups excluding carboxylic acids is 1. The molecule has 0 spiro atoms. The van der Waals surface area contributed by atoms with Crippen LogP contribution in [-0.2, 0) is 6.54 Å². The number of aryl methyl sites for hydroxylation is 1. The van der Waals surface area contributed by atoms with Crippen LogP contribution >= 0.6 is 0 Å². The zero-order valence-corrected chi connectivity index (χ0v) is 10.2. The third-order valence-corrected chi connectivity index (χ3v) is 2.62. The van der Waals surface area contributed by atoms with Gasteiger partial charge in [-0.25, -0.2) is 4.98 Å². The number of carbonyl (C=O) groups is 1. The maximum Gasteiger partial charge on any atom is 0.253 e. The van der Waals surface area contributed by atoms with Gasteiger partial charge in [0.25, 0.3) is 5.91 Å². The molecule has 1 aromatic heterocycles. The number of benzene rings is 1. The lowest BCUT2D eigenvalue weighted by molar-refractivity contribution is 0.0950. The van der Waals surface area contributed by atoms with Gasteiger partial charge in [0, 0.05) is 12.7 Å². The molecule has 1 amide bonds. The van der Waals surface area contributed by atoms with E-state index in [0.29, 0.717) is 17.9 Å². The first-order valence-corrected chi connectivity index (χ1v) is 5.70. The highest BCUT2D eigenvalue weighted by atomic mass is 16.1. The van der Waals surface area contributed by atoms with Crippen LogP contribution in [0.15, 0.2) is 42.6 Å². The first kappa shape index (κ1) is 12.1. The van der Waals surface area contributed by atoms with Gasteiger partial charge < -0.3 is 11.1 Å². The van der Waals surface area contributed by atoms with Gasteiger partial charge in [0.1, 0.15) is 5.82 Å². The molecular formula is C14H15N3O. The van der Waals surface area contributed by atoms with E-state index in [4.69, 9.17) is 5.73 Å². The molecule has 0 saturated heterocycles. The summed E-state index contributed by atoms with van der Waals surface area (Å²) in [4.78, 5) is 15.7. The zero-order chi connectivity index (χ0) is 13.0. The summed E-state index contributed by atoms with van der Waals surface area (Å²) >= 11 is 0. The molecule has 92 valence electrons. The zero-order valence-electron chi connectivity index (χ0n) is 10.2. The number of hydrogen-bond donors (Lipinski definition) is 2. The molecule has 0 radical (unpaired) electrons. The molecule has 0 bridgehead atoms. The molecule has 1 aromatic carbocycles. The largest absolute Gasteiger partial charge is 0.384 e. The fourth-order valence-electron chi connectivity index (χ4n) is 1.53. The number of nitrogen functional groups attached to an aromatic ring is 1. The van der Waals surface area contributed by atoms with Crippen LogP contribution in [-0.4, -0.2) is 10.9 Å². The van der Waals surface area contributed by atoms with Crippen molar-refractivity contribution in [1.82, 2.24) is 10.3 Å². The Kier molecular flexibility index (Phi) is 3.57. The summed E-state index contributed by atoms with van der Waals surface area (Å²) in [6.45, 7) is 2.53. The molecule has 4 heteroatoms. The van der Waals surface area contributed by atoms with Crippen molar-refractivity contribution in [3.05, 3.63) is 59.3 Å². The van der Waals surface area contributed by atoms with Gasteiger partial charge in [0.2, 0.25) is 0 Å². The molecule has 2 rings (SSSR count). The van der Waals surface area contributed by atoms with Crippen molar-refractivity contribution in [2.75, 3.05) is 5.73 Å². The molecule has 1 heterocycles. The Hall–Kier alpha value is -2.36. The summed E-state index contributed by atoms with van der Waals surface area (Å²) in [5, 5.41) is 2.83. The molecule has 0 atom stereocenters. The third-order valence-electron chi connectivity index (χ3n) is 2.62. The quantitative estimate of drug-likeness (QED) is 0.862. The fourth-order valence-corrected chi connectivity index (χ4v) is 1.53. The number of pyridine rings is 1. The number of aromatic nitrogens is 1. The van der Waals surface area contributed by atoms with E-state index in [1.165, 1.54) is 11.8 Å². The molecule has 0 aliphatic carbocycles. The number of anilines is 1. The van der Waals surface area contributed by atoms with Crippen LogP contribution in [0.5, 0.6) is 0 Å². The number of nitrogens with zero attached hydrogens (tertiary/aromatic N) is 1. The molecular weight excluding hydrogens is 226 g/mol. The van der Waals surface area contributed by atoms with Crippen LogP contribution < -0.4 is 11.1 Å². The van der Waals surface area contributed by atoms with Gasteiger partial charge in [-0.3, -0.25) is 4.79 Å². The first-order valence-electron chi connectivity index (χ1n) is 5.70. The van der Waals surface area contributed by atoms with Crippen molar-refractivity contribution in [2.24, 2.45) is 0 Å². The van der Waals surface area contributed by atoms with Crippen molar-refractivity contribution in [3.8, 4) is 0 Å². The van der Waals surface area contributed by atoms with E-state index in [-0.39, 0.29) is 5.91 Å². The Labute approximate surface area is 106 Å². The van der Waals surface area contributed by atoms with E-state index in [9.17, 15) is 4.79 Å². The number of amides is 1. The summed E-state index contributed by atoms with van der Waals surface area (Å²) in [5.41, 5.74) is 8.24. The van der Waals surface area contributed by atoms with Crippen LogP contribution in [0.3, 0.4) is 0 Å². The summed E-state index contributed by atoms with van der Waals surface area (Å²) < 4.78 is 0. The minimum absolute atomic E-state index is 0.150. The van der Waals surface area contributed by atoms with Gasteiger partial charge in [-0.15, -0.1) is 0 Å². The minimum Gasteiger partial charge on any atom is -0.384 e. The number of rotatable bonds is 3. The Balaban J connectivity index is 1.96. The molecule has 2 aromatic rings. The van der Waals surface area contributed by atoms with Crippen molar-refractivity contribution in [2.45, 2.75) is 13.5 Å². The summed E-state index contributed by atoms with van der Waals surface area (Å²) in [5.74, 6) is 0.258. The maximum absolute atomic E-state index is 11.8. The Morgan fingerprint density at radius 1 is 1.22 bits per heavy atom. The first-order chi connectivity index (χ1) is 8.65. The molecule has 4 nitrogen and oxygen atoms in total. The summed E-state index contributed by atoms with van der Waals surface area (Å²) in [6, 6.07) is 11.3. The molecule has 0 aliphatic heterocycles.